The number of nitrogens with one attached hydrogen (secondary N) is 1. The number of nitrogens with zero attached hydrogens (tertiary/aromatic N) is 1. The molecule has 0 amide bonds. The molecule has 1 rings (SSSR count). The predicted molar refractivity (Wildman–Crippen MR) is 73.5 cm³/mol. The Kier molecular flexibility index (Phi) is 6.45. The van der Waals surface area contributed by atoms with Crippen LogP contribution in [0.4, 0.5) is 0 Å². The van der Waals surface area contributed by atoms with Crippen LogP contribution in [0.2, 0.25) is 0 Å². The van der Waals surface area contributed by atoms with Crippen LogP contribution in [0.3, 0.4) is 0 Å². The van der Waals surface area contributed by atoms with E-state index in [9.17, 15) is 0 Å². The molecule has 1 unspecified atom stereocenters. The first-order chi connectivity index (χ1) is 8.09. The molecule has 0 saturated carbocycles. The lowest BCUT2D eigenvalue weighted by Crippen LogP contribution is -2.61. The second-order valence-corrected chi connectivity index (χ2v) is 5.85. The lowest BCUT2D eigenvalue weighted by atomic mass is 9.97. The van der Waals surface area contributed by atoms with Crippen LogP contribution in [0.15, 0.2) is 0 Å². The van der Waals surface area contributed by atoms with Crippen molar-refractivity contribution in [3.63, 3.8) is 0 Å². The Balaban J connectivity index is 2.27. The normalized spacial score (nSPS) is 25.1. The molecule has 102 valence electrons. The lowest BCUT2D eigenvalue weighted by molar-refractivity contribution is 0.0899. The highest BCUT2D eigenvalue weighted by molar-refractivity contribution is 4.91. The number of methoxy groups -OCH3 is 1. The van der Waals surface area contributed by atoms with Gasteiger partial charge in [-0.25, -0.2) is 0 Å². The van der Waals surface area contributed by atoms with Crippen molar-refractivity contribution in [3.05, 3.63) is 0 Å². The largest absolute Gasteiger partial charge is 0.385 e. The van der Waals surface area contributed by atoms with Crippen molar-refractivity contribution in [3.8, 4) is 0 Å². The summed E-state index contributed by atoms with van der Waals surface area (Å²) in [6.07, 6.45) is 5.04. The first-order valence-electron chi connectivity index (χ1n) is 7.07. The van der Waals surface area contributed by atoms with E-state index in [-0.39, 0.29) is 5.54 Å². The van der Waals surface area contributed by atoms with Crippen molar-refractivity contribution in [1.29, 1.82) is 0 Å². The monoisotopic (exact) mass is 242 g/mol. The van der Waals surface area contributed by atoms with Crippen LogP contribution in [0.5, 0.6) is 0 Å². The molecule has 1 fully saturated rings. The van der Waals surface area contributed by atoms with Crippen LogP contribution in [-0.2, 0) is 4.74 Å². The first-order valence-corrected chi connectivity index (χ1v) is 7.07. The first kappa shape index (κ1) is 14.9. The number of piperazine rings is 1. The van der Waals surface area contributed by atoms with Crippen molar-refractivity contribution in [1.82, 2.24) is 10.2 Å². The molecule has 3 nitrogen and oxygen atoms in total. The lowest BCUT2D eigenvalue weighted by Gasteiger charge is -2.44. The quantitative estimate of drug-likeness (QED) is 0.693. The number of hydrogen-bond donors (Lipinski definition) is 1. The molecule has 1 heterocycles. The van der Waals surface area contributed by atoms with Gasteiger partial charge in [-0.3, -0.25) is 4.90 Å². The molecule has 1 atom stereocenters. The van der Waals surface area contributed by atoms with Crippen molar-refractivity contribution in [2.24, 2.45) is 0 Å². The average molecular weight is 242 g/mol. The molecular weight excluding hydrogens is 212 g/mol. The van der Waals surface area contributed by atoms with Crippen molar-refractivity contribution in [2.45, 2.75) is 58.0 Å². The zero-order chi connectivity index (χ0) is 12.7. The third kappa shape index (κ3) is 5.36. The minimum Gasteiger partial charge on any atom is -0.385 e. The Morgan fingerprint density at radius 1 is 1.29 bits per heavy atom. The van der Waals surface area contributed by atoms with E-state index in [4.69, 9.17) is 4.74 Å². The predicted octanol–water partition coefficient (Wildman–Crippen LogP) is 2.27. The van der Waals surface area contributed by atoms with Crippen LogP contribution in [0.25, 0.3) is 0 Å². The number of unbranched alkanes of at least 4 members (excludes halogenated alkanes) is 2. The number of hydrogen-bond acceptors (Lipinski definition) is 3. The molecule has 1 aliphatic rings. The Hall–Kier alpha value is -0.120. The van der Waals surface area contributed by atoms with Gasteiger partial charge in [-0.05, 0) is 46.1 Å². The summed E-state index contributed by atoms with van der Waals surface area (Å²) in [5, 5.41) is 3.64. The van der Waals surface area contributed by atoms with Crippen LogP contribution in [0, 0.1) is 0 Å². The van der Waals surface area contributed by atoms with Crippen LogP contribution < -0.4 is 5.32 Å². The highest BCUT2D eigenvalue weighted by atomic mass is 16.5. The number of rotatable bonds is 7. The maximum Gasteiger partial charge on any atom is 0.0462 e. The highest BCUT2D eigenvalue weighted by Crippen LogP contribution is 2.17. The van der Waals surface area contributed by atoms with Gasteiger partial charge < -0.3 is 10.1 Å². The molecule has 1 N–H and O–H groups in total. The molecule has 17 heavy (non-hydrogen) atoms. The van der Waals surface area contributed by atoms with E-state index in [1.54, 1.807) is 7.11 Å². The summed E-state index contributed by atoms with van der Waals surface area (Å²) in [7, 11) is 1.78. The van der Waals surface area contributed by atoms with E-state index >= 15 is 0 Å². The van der Waals surface area contributed by atoms with Gasteiger partial charge in [-0.2, -0.15) is 0 Å². The summed E-state index contributed by atoms with van der Waals surface area (Å²) in [5.41, 5.74) is 0.276. The van der Waals surface area contributed by atoms with E-state index in [0.29, 0.717) is 0 Å². The maximum absolute atomic E-state index is 5.09. The summed E-state index contributed by atoms with van der Waals surface area (Å²) in [6, 6.07) is 0.727. The molecule has 1 saturated heterocycles. The molecule has 0 aromatic rings. The minimum atomic E-state index is 0.276. The summed E-state index contributed by atoms with van der Waals surface area (Å²) in [5.74, 6) is 0. The topological polar surface area (TPSA) is 24.5 Å². The summed E-state index contributed by atoms with van der Waals surface area (Å²) in [4.78, 5) is 2.67. The molecule has 0 aliphatic carbocycles. The fraction of sp³-hybridized carbons (Fsp3) is 1.00. The summed E-state index contributed by atoms with van der Waals surface area (Å²) >= 11 is 0. The summed E-state index contributed by atoms with van der Waals surface area (Å²) in [6.45, 7) is 11.4. The van der Waals surface area contributed by atoms with Gasteiger partial charge in [0.2, 0.25) is 0 Å². The zero-order valence-corrected chi connectivity index (χ0v) is 12.1. The smallest absolute Gasteiger partial charge is 0.0462 e. The minimum absolute atomic E-state index is 0.276. The zero-order valence-electron chi connectivity index (χ0n) is 12.1. The Bertz CT molecular complexity index is 206. The third-order valence-electron chi connectivity index (χ3n) is 3.70. The Morgan fingerprint density at radius 2 is 2.06 bits per heavy atom. The molecule has 0 spiro atoms. The van der Waals surface area contributed by atoms with Crippen LogP contribution in [-0.4, -0.2) is 49.8 Å². The van der Waals surface area contributed by atoms with Crippen LogP contribution in [0.1, 0.15) is 46.5 Å². The second kappa shape index (κ2) is 7.34. The Morgan fingerprint density at radius 3 is 2.71 bits per heavy atom. The average Bonchev–Trinajstić information content (AvgIpc) is 2.28. The van der Waals surface area contributed by atoms with Gasteiger partial charge in [0.25, 0.3) is 0 Å². The van der Waals surface area contributed by atoms with Gasteiger partial charge in [0.1, 0.15) is 0 Å². The third-order valence-corrected chi connectivity index (χ3v) is 3.70. The van der Waals surface area contributed by atoms with Gasteiger partial charge in [0.05, 0.1) is 0 Å². The maximum atomic E-state index is 5.09. The van der Waals surface area contributed by atoms with E-state index < -0.39 is 0 Å². The molecule has 0 aromatic carbocycles. The standard InChI is InChI=1S/C14H30N2O/c1-5-13-11-15-14(2,3)12-16(13)9-7-6-8-10-17-4/h13,15H,5-12H2,1-4H3. The van der Waals surface area contributed by atoms with Gasteiger partial charge >= 0.3 is 0 Å². The van der Waals surface area contributed by atoms with Gasteiger partial charge in [0, 0.05) is 38.4 Å². The van der Waals surface area contributed by atoms with Crippen molar-refractivity contribution < 1.29 is 4.74 Å². The molecular formula is C14H30N2O. The van der Waals surface area contributed by atoms with E-state index in [0.717, 1.165) is 19.2 Å². The van der Waals surface area contributed by atoms with E-state index in [1.807, 2.05) is 0 Å². The molecule has 1 aliphatic heterocycles. The van der Waals surface area contributed by atoms with Gasteiger partial charge in [0.15, 0.2) is 0 Å². The molecule has 0 bridgehead atoms. The highest BCUT2D eigenvalue weighted by Gasteiger charge is 2.30. The summed E-state index contributed by atoms with van der Waals surface area (Å²) < 4.78 is 5.09. The van der Waals surface area contributed by atoms with E-state index in [1.165, 1.54) is 38.8 Å². The fourth-order valence-electron chi connectivity index (χ4n) is 2.62. The van der Waals surface area contributed by atoms with Gasteiger partial charge in [-0.1, -0.05) is 6.92 Å². The van der Waals surface area contributed by atoms with Crippen LogP contribution >= 0.6 is 0 Å². The van der Waals surface area contributed by atoms with Crippen molar-refractivity contribution >= 4 is 0 Å². The molecule has 0 aromatic heterocycles. The molecule has 0 radical (unpaired) electrons. The van der Waals surface area contributed by atoms with Crippen molar-refractivity contribution in [2.75, 3.05) is 33.4 Å². The number of ether oxygens (including phenoxy) is 1. The second-order valence-electron chi connectivity index (χ2n) is 5.85. The van der Waals surface area contributed by atoms with Gasteiger partial charge in [-0.15, -0.1) is 0 Å². The fourth-order valence-corrected chi connectivity index (χ4v) is 2.62. The molecule has 3 heteroatoms. The Labute approximate surface area is 107 Å². The van der Waals surface area contributed by atoms with E-state index in [2.05, 4.69) is 31.0 Å². The SMILES string of the molecule is CCC1CNC(C)(C)CN1CCCCCOC.